The predicted molar refractivity (Wildman–Crippen MR) is 154 cm³/mol. The highest BCUT2D eigenvalue weighted by molar-refractivity contribution is 7.89. The van der Waals surface area contributed by atoms with Gasteiger partial charge in [0.15, 0.2) is 0 Å². The molecule has 8 nitrogen and oxygen atoms in total. The normalized spacial score (nSPS) is 14.4. The Balaban J connectivity index is 1.44. The molecule has 0 saturated heterocycles. The quantitative estimate of drug-likeness (QED) is 0.225. The number of hydrogen-bond donors (Lipinski definition) is 0. The Kier molecular flexibility index (Phi) is 6.89. The first-order chi connectivity index (χ1) is 19.4. The number of aromatic nitrogens is 2. The summed E-state index contributed by atoms with van der Waals surface area (Å²) in [7, 11) is -2.41. The highest BCUT2D eigenvalue weighted by Gasteiger charge is 2.36. The molecule has 0 radical (unpaired) electrons. The molecule has 3 heterocycles. The maximum atomic E-state index is 14.1. The number of hydrogen-bond acceptors (Lipinski definition) is 7. The molecule has 1 aliphatic rings. The number of oxazole rings is 1. The van der Waals surface area contributed by atoms with Gasteiger partial charge in [0, 0.05) is 24.2 Å². The van der Waals surface area contributed by atoms with Crippen LogP contribution in [0.4, 0.5) is 5.69 Å². The van der Waals surface area contributed by atoms with Crippen LogP contribution in [0.15, 0.2) is 112 Å². The number of amides is 1. The largest absolute Gasteiger partial charge is 0.447 e. The number of carbonyl (C=O) groups is 1. The van der Waals surface area contributed by atoms with E-state index in [4.69, 9.17) is 4.42 Å². The van der Waals surface area contributed by atoms with Gasteiger partial charge in [0.05, 0.1) is 28.4 Å². The molecule has 0 aliphatic carbocycles. The second-order valence-corrected chi connectivity index (χ2v) is 12.1. The van der Waals surface area contributed by atoms with Crippen LogP contribution in [0.3, 0.4) is 0 Å². The highest BCUT2D eigenvalue weighted by atomic mass is 32.2. The lowest BCUT2D eigenvalue weighted by atomic mass is 9.99. The number of carbonyl (C=O) groups excluding carboxylic acids is 1. The molecule has 5 aromatic rings. The Bertz CT molecular complexity index is 1730. The number of benzene rings is 3. The summed E-state index contributed by atoms with van der Waals surface area (Å²) in [5.74, 6) is 0.0949. The summed E-state index contributed by atoms with van der Waals surface area (Å²) in [6.07, 6.45) is 6.32. The van der Waals surface area contributed by atoms with Gasteiger partial charge < -0.3 is 4.42 Å². The van der Waals surface area contributed by atoms with Crippen LogP contribution < -0.4 is 4.90 Å². The van der Waals surface area contributed by atoms with Crippen LogP contribution in [0.2, 0.25) is 0 Å². The van der Waals surface area contributed by atoms with Crippen molar-refractivity contribution in [3.05, 3.63) is 130 Å². The van der Waals surface area contributed by atoms with E-state index >= 15 is 0 Å². The van der Waals surface area contributed by atoms with Crippen molar-refractivity contribution in [1.29, 1.82) is 0 Å². The number of nitrogens with zero attached hydrogens (tertiary/aromatic N) is 4. The summed E-state index contributed by atoms with van der Waals surface area (Å²) in [5, 5.41) is 2.46. The van der Waals surface area contributed by atoms with Gasteiger partial charge in [-0.2, -0.15) is 4.31 Å². The smallest absolute Gasteiger partial charge is 0.259 e. The lowest BCUT2D eigenvalue weighted by molar-refractivity contribution is -0.113. The minimum absolute atomic E-state index is 0.0847. The lowest BCUT2D eigenvalue weighted by Crippen LogP contribution is -2.32. The third-order valence-corrected chi connectivity index (χ3v) is 9.33. The molecule has 1 amide bonds. The summed E-state index contributed by atoms with van der Waals surface area (Å²) in [6, 6.07) is 23.3. The fourth-order valence-electron chi connectivity index (χ4n) is 4.88. The lowest BCUT2D eigenvalue weighted by Gasteiger charge is -2.28. The third kappa shape index (κ3) is 4.77. The van der Waals surface area contributed by atoms with Gasteiger partial charge in [-0.05, 0) is 35.4 Å². The van der Waals surface area contributed by atoms with Gasteiger partial charge in [0.1, 0.15) is 17.8 Å². The van der Waals surface area contributed by atoms with Gasteiger partial charge >= 0.3 is 0 Å². The van der Waals surface area contributed by atoms with Gasteiger partial charge in [-0.25, -0.2) is 18.4 Å². The van der Waals surface area contributed by atoms with E-state index in [1.54, 1.807) is 37.5 Å². The van der Waals surface area contributed by atoms with E-state index in [9.17, 15) is 13.2 Å². The second kappa shape index (κ2) is 10.6. The molecule has 3 aromatic carbocycles. The molecule has 0 N–H and O–H groups in total. The first-order valence-electron chi connectivity index (χ1n) is 12.5. The van der Waals surface area contributed by atoms with Crippen molar-refractivity contribution >= 4 is 44.6 Å². The molecule has 10 heteroatoms. The van der Waals surface area contributed by atoms with Crippen LogP contribution in [0.5, 0.6) is 0 Å². The van der Waals surface area contributed by atoms with E-state index < -0.39 is 16.1 Å². The zero-order valence-corrected chi connectivity index (χ0v) is 23.0. The van der Waals surface area contributed by atoms with Crippen LogP contribution in [0, 0.1) is 0 Å². The molecule has 0 bridgehead atoms. The topological polar surface area (TPSA) is 96.6 Å². The Morgan fingerprint density at radius 2 is 1.68 bits per heavy atom. The maximum absolute atomic E-state index is 14.1. The maximum Gasteiger partial charge on any atom is 0.259 e. The molecule has 0 unspecified atom stereocenters. The third-order valence-electron chi connectivity index (χ3n) is 6.79. The van der Waals surface area contributed by atoms with Crippen molar-refractivity contribution in [2.75, 3.05) is 11.9 Å². The Hall–Kier alpha value is -4.38. The molecule has 0 fully saturated rings. The van der Waals surface area contributed by atoms with Crippen LogP contribution in [0.1, 0.15) is 33.6 Å². The Morgan fingerprint density at radius 1 is 0.975 bits per heavy atom. The number of thiazole rings is 1. The molecule has 200 valence electrons. The summed E-state index contributed by atoms with van der Waals surface area (Å²) in [4.78, 5) is 23.7. The summed E-state index contributed by atoms with van der Waals surface area (Å²) in [5.41, 5.74) is 3.14. The SMILES string of the molecule is CN(C(c1ccccc1)c1ccccc1)S(=O)(=O)c1ccc2c(c1)/C(=C\c1nccs1)C(=O)N2Cc1ncco1. The Labute approximate surface area is 235 Å². The van der Waals surface area contributed by atoms with E-state index in [2.05, 4.69) is 9.97 Å². The van der Waals surface area contributed by atoms with Gasteiger partial charge in [0.2, 0.25) is 15.9 Å². The highest BCUT2D eigenvalue weighted by Crippen LogP contribution is 2.41. The zero-order valence-electron chi connectivity index (χ0n) is 21.4. The van der Waals surface area contributed by atoms with Crippen LogP contribution >= 0.6 is 11.3 Å². The van der Waals surface area contributed by atoms with Crippen LogP contribution in [0.25, 0.3) is 11.6 Å². The summed E-state index contributed by atoms with van der Waals surface area (Å²) in [6.45, 7) is 0.115. The van der Waals surface area contributed by atoms with E-state index in [1.165, 1.54) is 33.0 Å². The second-order valence-electron chi connectivity index (χ2n) is 9.17. The molecule has 2 aromatic heterocycles. The van der Waals surface area contributed by atoms with Gasteiger partial charge in [0.25, 0.3) is 5.91 Å². The first-order valence-corrected chi connectivity index (χ1v) is 14.8. The van der Waals surface area contributed by atoms with Crippen molar-refractivity contribution in [3.8, 4) is 0 Å². The average Bonchev–Trinajstić information content (AvgIpc) is 3.74. The first kappa shape index (κ1) is 25.9. The molecule has 0 atom stereocenters. The minimum atomic E-state index is -3.99. The van der Waals surface area contributed by atoms with E-state index in [0.717, 1.165) is 11.1 Å². The fourth-order valence-corrected chi connectivity index (χ4v) is 6.81. The Morgan fingerprint density at radius 3 is 2.27 bits per heavy atom. The molecular formula is C30H24N4O4S2. The molecule has 0 spiro atoms. The number of anilines is 1. The number of rotatable bonds is 8. The van der Waals surface area contributed by atoms with E-state index in [-0.39, 0.29) is 17.3 Å². The van der Waals surface area contributed by atoms with Crippen molar-refractivity contribution in [3.63, 3.8) is 0 Å². The average molecular weight is 569 g/mol. The van der Waals surface area contributed by atoms with Gasteiger partial charge in [-0.15, -0.1) is 11.3 Å². The zero-order chi connectivity index (χ0) is 27.7. The van der Waals surface area contributed by atoms with E-state index in [0.29, 0.717) is 27.7 Å². The molecule has 6 rings (SSSR count). The van der Waals surface area contributed by atoms with Gasteiger partial charge in [-0.3, -0.25) is 9.69 Å². The molecule has 40 heavy (non-hydrogen) atoms. The van der Waals surface area contributed by atoms with Crippen LogP contribution in [-0.2, 0) is 21.4 Å². The number of sulfonamides is 1. The summed E-state index contributed by atoms with van der Waals surface area (Å²) >= 11 is 1.39. The van der Waals surface area contributed by atoms with Gasteiger partial charge in [-0.1, -0.05) is 60.7 Å². The summed E-state index contributed by atoms with van der Waals surface area (Å²) < 4.78 is 35.0. The van der Waals surface area contributed by atoms with Crippen molar-refractivity contribution in [2.24, 2.45) is 0 Å². The number of fused-ring (bicyclic) bond motifs is 1. The van der Waals surface area contributed by atoms with Crippen LogP contribution in [-0.4, -0.2) is 35.6 Å². The molecule has 0 saturated carbocycles. The van der Waals surface area contributed by atoms with E-state index in [1.807, 2.05) is 66.0 Å². The molecule has 1 aliphatic heterocycles. The monoisotopic (exact) mass is 568 g/mol. The molecular weight excluding hydrogens is 544 g/mol. The predicted octanol–water partition coefficient (Wildman–Crippen LogP) is 5.63. The van der Waals surface area contributed by atoms with Crippen molar-refractivity contribution < 1.29 is 17.6 Å². The van der Waals surface area contributed by atoms with Crippen molar-refractivity contribution in [1.82, 2.24) is 14.3 Å². The van der Waals surface area contributed by atoms with Crippen molar-refractivity contribution in [2.45, 2.75) is 17.5 Å². The standard InChI is InChI=1S/C30H24N4O4S2/c1-33(29(21-8-4-2-5-9-21)22-10-6-3-7-11-22)40(36,37)23-12-13-26-24(18-23)25(19-28-32-15-17-39-28)30(35)34(26)20-27-31-14-16-38-27/h2-19,29H,20H2,1H3/b25-19+. The minimum Gasteiger partial charge on any atom is -0.447 e. The fraction of sp³-hybridized carbons (Fsp3) is 0.100.